The summed E-state index contributed by atoms with van der Waals surface area (Å²) in [5.74, 6) is 0.886. The molecule has 0 radical (unpaired) electrons. The van der Waals surface area contributed by atoms with Crippen LogP contribution in [0.4, 0.5) is 23.1 Å². The minimum Gasteiger partial charge on any atom is -0.356 e. The highest BCUT2D eigenvalue weighted by atomic mass is 16.7. The zero-order chi connectivity index (χ0) is 18.7. The maximum atomic E-state index is 11.2. The molecular formula is C19H23N5O3. The first kappa shape index (κ1) is 17.7. The van der Waals surface area contributed by atoms with E-state index in [2.05, 4.69) is 25.5 Å². The number of piperidine rings is 1. The van der Waals surface area contributed by atoms with Gasteiger partial charge in [-0.15, -0.1) is 0 Å². The van der Waals surface area contributed by atoms with Gasteiger partial charge in [0, 0.05) is 50.4 Å². The number of hydrogen-bond acceptors (Lipinski definition) is 7. The minimum atomic E-state index is -0.394. The number of rotatable bonds is 4. The van der Waals surface area contributed by atoms with E-state index < -0.39 is 5.79 Å². The molecule has 8 nitrogen and oxygen atoms in total. The number of hydrogen-bond donors (Lipinski definition) is 2. The molecule has 142 valence electrons. The minimum absolute atomic E-state index is 0.108. The summed E-state index contributed by atoms with van der Waals surface area (Å²) in [6, 6.07) is 9.36. The number of ether oxygens (including phenoxy) is 2. The Bertz CT molecular complexity index is 812. The van der Waals surface area contributed by atoms with Crippen molar-refractivity contribution in [3.63, 3.8) is 0 Å². The second kappa shape index (κ2) is 7.50. The Labute approximate surface area is 157 Å². The standard InChI is InChI=1S/C19H23N5O3/c1-14(25)21-15-3-2-4-16(13-15)22-18-20-8-5-17(23-18)24-9-6-19(7-10-24)26-11-12-27-19/h2-5,8,13H,6-7,9-12H2,1H3,(H,21,25)(H,20,22,23). The molecule has 2 aliphatic rings. The number of nitrogens with one attached hydrogen (secondary N) is 2. The van der Waals surface area contributed by atoms with E-state index in [0.29, 0.717) is 19.2 Å². The highest BCUT2D eigenvalue weighted by molar-refractivity contribution is 5.89. The molecule has 2 aromatic rings. The Balaban J connectivity index is 1.43. The summed E-state index contributed by atoms with van der Waals surface area (Å²) in [5.41, 5.74) is 1.53. The van der Waals surface area contributed by atoms with E-state index in [1.54, 1.807) is 6.20 Å². The molecule has 2 fully saturated rings. The second-order valence-corrected chi connectivity index (χ2v) is 6.72. The van der Waals surface area contributed by atoms with Gasteiger partial charge in [-0.05, 0) is 24.3 Å². The predicted octanol–water partition coefficient (Wildman–Crippen LogP) is 2.52. The summed E-state index contributed by atoms with van der Waals surface area (Å²) in [4.78, 5) is 22.4. The van der Waals surface area contributed by atoms with Crippen molar-refractivity contribution in [3.8, 4) is 0 Å². The summed E-state index contributed by atoms with van der Waals surface area (Å²) < 4.78 is 11.6. The first-order valence-electron chi connectivity index (χ1n) is 9.13. The van der Waals surface area contributed by atoms with Crippen LogP contribution in [0.5, 0.6) is 0 Å². The van der Waals surface area contributed by atoms with Crippen molar-refractivity contribution in [2.75, 3.05) is 41.8 Å². The van der Waals surface area contributed by atoms with Gasteiger partial charge < -0.3 is 25.0 Å². The first-order valence-corrected chi connectivity index (χ1v) is 9.13. The maximum Gasteiger partial charge on any atom is 0.229 e. The fourth-order valence-corrected chi connectivity index (χ4v) is 3.45. The van der Waals surface area contributed by atoms with Crippen LogP contribution in [-0.2, 0) is 14.3 Å². The van der Waals surface area contributed by atoms with Gasteiger partial charge in [-0.3, -0.25) is 4.79 Å². The number of amides is 1. The highest BCUT2D eigenvalue weighted by Gasteiger charge is 2.40. The first-order chi connectivity index (χ1) is 13.1. The van der Waals surface area contributed by atoms with E-state index in [4.69, 9.17) is 9.47 Å². The monoisotopic (exact) mass is 369 g/mol. The second-order valence-electron chi connectivity index (χ2n) is 6.72. The largest absolute Gasteiger partial charge is 0.356 e. The molecule has 0 unspecified atom stereocenters. The molecule has 2 saturated heterocycles. The molecule has 8 heteroatoms. The molecular weight excluding hydrogens is 346 g/mol. The molecule has 3 heterocycles. The van der Waals surface area contributed by atoms with E-state index >= 15 is 0 Å². The van der Waals surface area contributed by atoms with Crippen molar-refractivity contribution in [2.45, 2.75) is 25.6 Å². The number of carbonyl (C=O) groups is 1. The number of aromatic nitrogens is 2. The van der Waals surface area contributed by atoms with Gasteiger partial charge in [0.15, 0.2) is 5.79 Å². The summed E-state index contributed by atoms with van der Waals surface area (Å²) in [6.45, 7) is 4.50. The lowest BCUT2D eigenvalue weighted by Gasteiger charge is -2.38. The van der Waals surface area contributed by atoms with Crippen LogP contribution in [0.1, 0.15) is 19.8 Å². The van der Waals surface area contributed by atoms with Gasteiger partial charge in [0.25, 0.3) is 0 Å². The van der Waals surface area contributed by atoms with Gasteiger partial charge >= 0.3 is 0 Å². The number of benzene rings is 1. The summed E-state index contributed by atoms with van der Waals surface area (Å²) in [7, 11) is 0. The molecule has 2 aliphatic heterocycles. The number of carbonyl (C=O) groups excluding carboxylic acids is 1. The topological polar surface area (TPSA) is 88.6 Å². The van der Waals surface area contributed by atoms with E-state index in [0.717, 1.165) is 43.1 Å². The van der Waals surface area contributed by atoms with Gasteiger partial charge in [0.05, 0.1) is 13.2 Å². The van der Waals surface area contributed by atoms with Crippen LogP contribution in [0, 0.1) is 0 Å². The SMILES string of the molecule is CC(=O)Nc1cccc(Nc2nccc(N3CCC4(CC3)OCCO4)n2)c1. The van der Waals surface area contributed by atoms with E-state index in [1.165, 1.54) is 6.92 Å². The normalized spacial score (nSPS) is 18.5. The van der Waals surface area contributed by atoms with Crippen molar-refractivity contribution in [1.82, 2.24) is 9.97 Å². The van der Waals surface area contributed by atoms with Crippen LogP contribution >= 0.6 is 0 Å². The van der Waals surface area contributed by atoms with Crippen LogP contribution < -0.4 is 15.5 Å². The van der Waals surface area contributed by atoms with Crippen LogP contribution in [0.3, 0.4) is 0 Å². The summed E-state index contributed by atoms with van der Waals surface area (Å²) >= 11 is 0. The lowest BCUT2D eigenvalue weighted by molar-refractivity contribution is -0.169. The van der Waals surface area contributed by atoms with Crippen LogP contribution in [0.15, 0.2) is 36.5 Å². The third-order valence-electron chi connectivity index (χ3n) is 4.74. The Kier molecular flexibility index (Phi) is 4.91. The fourth-order valence-electron chi connectivity index (χ4n) is 3.45. The van der Waals surface area contributed by atoms with Crippen molar-refractivity contribution < 1.29 is 14.3 Å². The summed E-state index contributed by atoms with van der Waals surface area (Å²) in [5, 5.41) is 5.96. The molecule has 27 heavy (non-hydrogen) atoms. The zero-order valence-corrected chi connectivity index (χ0v) is 15.3. The van der Waals surface area contributed by atoms with Gasteiger partial charge in [0.1, 0.15) is 5.82 Å². The average molecular weight is 369 g/mol. The van der Waals surface area contributed by atoms with Crippen LogP contribution in [-0.4, -0.2) is 48.0 Å². The third-order valence-corrected chi connectivity index (χ3v) is 4.74. The van der Waals surface area contributed by atoms with E-state index in [-0.39, 0.29) is 5.91 Å². The smallest absolute Gasteiger partial charge is 0.229 e. The van der Waals surface area contributed by atoms with Crippen LogP contribution in [0.2, 0.25) is 0 Å². The molecule has 0 atom stereocenters. The number of anilines is 4. The van der Waals surface area contributed by atoms with E-state index in [9.17, 15) is 4.79 Å². The molecule has 1 amide bonds. The lowest BCUT2D eigenvalue weighted by atomic mass is 10.0. The van der Waals surface area contributed by atoms with Crippen molar-refractivity contribution in [3.05, 3.63) is 36.5 Å². The molecule has 4 rings (SSSR count). The van der Waals surface area contributed by atoms with E-state index in [1.807, 2.05) is 30.3 Å². The fraction of sp³-hybridized carbons (Fsp3) is 0.421. The van der Waals surface area contributed by atoms with Crippen molar-refractivity contribution in [2.24, 2.45) is 0 Å². The Morgan fingerprint density at radius 2 is 1.89 bits per heavy atom. The summed E-state index contributed by atoms with van der Waals surface area (Å²) in [6.07, 6.45) is 3.41. The Morgan fingerprint density at radius 1 is 1.15 bits per heavy atom. The lowest BCUT2D eigenvalue weighted by Crippen LogP contribution is -2.45. The molecule has 1 aromatic heterocycles. The molecule has 1 aromatic carbocycles. The van der Waals surface area contributed by atoms with Gasteiger partial charge in [-0.2, -0.15) is 4.98 Å². The van der Waals surface area contributed by atoms with Gasteiger partial charge in [0.2, 0.25) is 11.9 Å². The Morgan fingerprint density at radius 3 is 2.63 bits per heavy atom. The molecule has 0 saturated carbocycles. The van der Waals surface area contributed by atoms with Crippen molar-refractivity contribution in [1.29, 1.82) is 0 Å². The van der Waals surface area contributed by atoms with Gasteiger partial charge in [-0.1, -0.05) is 6.07 Å². The van der Waals surface area contributed by atoms with Crippen LogP contribution in [0.25, 0.3) is 0 Å². The van der Waals surface area contributed by atoms with Gasteiger partial charge in [-0.25, -0.2) is 4.98 Å². The predicted molar refractivity (Wildman–Crippen MR) is 102 cm³/mol. The third kappa shape index (κ3) is 4.17. The molecule has 1 spiro atoms. The average Bonchev–Trinajstić information content (AvgIpc) is 3.10. The molecule has 2 N–H and O–H groups in total. The molecule has 0 bridgehead atoms. The molecule has 0 aliphatic carbocycles. The zero-order valence-electron chi connectivity index (χ0n) is 15.3. The Hall–Kier alpha value is -2.71. The quantitative estimate of drug-likeness (QED) is 0.856. The highest BCUT2D eigenvalue weighted by Crippen LogP contribution is 2.32. The maximum absolute atomic E-state index is 11.2. The number of nitrogens with zero attached hydrogens (tertiary/aromatic N) is 3. The van der Waals surface area contributed by atoms with Crippen molar-refractivity contribution >= 4 is 29.0 Å².